The number of fused-ring (bicyclic) bond motifs is 1. The minimum atomic E-state index is -0.438. The molecular weight excluding hydrogens is 368 g/mol. The van der Waals surface area contributed by atoms with E-state index < -0.39 is 5.91 Å². The van der Waals surface area contributed by atoms with Gasteiger partial charge in [-0.15, -0.1) is 0 Å². The molecule has 3 aromatic rings. The molecule has 1 aromatic carbocycles. The molecule has 2 aromatic heterocycles. The zero-order valence-electron chi connectivity index (χ0n) is 15.0. The van der Waals surface area contributed by atoms with Gasteiger partial charge >= 0.3 is 0 Å². The lowest BCUT2D eigenvalue weighted by Gasteiger charge is -2.06. The summed E-state index contributed by atoms with van der Waals surface area (Å²) < 4.78 is 6.51. The minimum absolute atomic E-state index is 0.110. The van der Waals surface area contributed by atoms with Gasteiger partial charge in [0.25, 0.3) is 11.8 Å². The lowest BCUT2D eigenvalue weighted by atomic mass is 10.2. The van der Waals surface area contributed by atoms with Gasteiger partial charge < -0.3 is 15.4 Å². The fraction of sp³-hybridized carbons (Fsp3) is 0.211. The number of methoxy groups -OCH3 is 1. The summed E-state index contributed by atoms with van der Waals surface area (Å²) >= 11 is 6.11. The number of aryl methyl sites for hydroxylation is 1. The van der Waals surface area contributed by atoms with E-state index in [1.807, 2.05) is 13.0 Å². The van der Waals surface area contributed by atoms with E-state index in [0.717, 1.165) is 5.56 Å². The van der Waals surface area contributed by atoms with Crippen LogP contribution in [0.1, 0.15) is 26.7 Å². The maximum Gasteiger partial charge on any atom is 0.292 e. The molecule has 8 heteroatoms. The molecule has 0 saturated carbocycles. The number of halogens is 1. The number of carbonyl (C=O) groups is 2. The first-order valence-corrected chi connectivity index (χ1v) is 8.71. The van der Waals surface area contributed by atoms with Crippen LogP contribution in [-0.4, -0.2) is 41.5 Å². The van der Waals surface area contributed by atoms with E-state index in [1.54, 1.807) is 48.0 Å². The second-order valence-electron chi connectivity index (χ2n) is 5.91. The molecule has 0 atom stereocenters. The number of carbonyl (C=O) groups excluding carboxylic acids is 2. The van der Waals surface area contributed by atoms with Crippen LogP contribution in [0.15, 0.2) is 42.6 Å². The molecule has 2 amide bonds. The zero-order chi connectivity index (χ0) is 19.4. The van der Waals surface area contributed by atoms with Crippen LogP contribution in [-0.2, 0) is 4.74 Å². The fourth-order valence-corrected chi connectivity index (χ4v) is 2.75. The molecular formula is C19H19ClN4O3. The summed E-state index contributed by atoms with van der Waals surface area (Å²) in [5, 5.41) is 6.04. The van der Waals surface area contributed by atoms with Crippen LogP contribution >= 0.6 is 11.6 Å². The van der Waals surface area contributed by atoms with Gasteiger partial charge in [-0.25, -0.2) is 4.98 Å². The van der Waals surface area contributed by atoms with Crippen molar-refractivity contribution in [1.29, 1.82) is 0 Å². The maximum absolute atomic E-state index is 12.7. The quantitative estimate of drug-likeness (QED) is 0.638. The highest BCUT2D eigenvalue weighted by molar-refractivity contribution is 6.31. The van der Waals surface area contributed by atoms with Gasteiger partial charge in [-0.05, 0) is 36.8 Å². The Hall–Kier alpha value is -2.90. The lowest BCUT2D eigenvalue weighted by Crippen LogP contribution is -2.27. The van der Waals surface area contributed by atoms with E-state index in [1.165, 1.54) is 0 Å². The lowest BCUT2D eigenvalue weighted by molar-refractivity contribution is 0.0934. The summed E-state index contributed by atoms with van der Waals surface area (Å²) in [5.41, 5.74) is 2.18. The summed E-state index contributed by atoms with van der Waals surface area (Å²) in [6.07, 6.45) is 1.69. The highest BCUT2D eigenvalue weighted by Gasteiger charge is 2.21. The molecule has 2 heterocycles. The summed E-state index contributed by atoms with van der Waals surface area (Å²) in [4.78, 5) is 29.4. The van der Waals surface area contributed by atoms with Gasteiger partial charge in [-0.1, -0.05) is 23.7 Å². The Bertz CT molecular complexity index is 1000. The van der Waals surface area contributed by atoms with E-state index >= 15 is 0 Å². The molecule has 140 valence electrons. The second kappa shape index (κ2) is 8.20. The standard InChI is InChI=1S/C19H19ClN4O3/c1-12-6-7-13(11-14(12)20)22-19(26)17-23-16(18(25)21-8-10-27-2)15-5-3-4-9-24(15)17/h3-7,9,11H,8,10H2,1-2H3,(H,21,25)(H,22,26). The van der Waals surface area contributed by atoms with E-state index in [9.17, 15) is 9.59 Å². The SMILES string of the molecule is COCCNC(=O)c1nc(C(=O)Nc2ccc(C)c(Cl)c2)n2ccccc12. The van der Waals surface area contributed by atoms with Crippen molar-refractivity contribution < 1.29 is 14.3 Å². The van der Waals surface area contributed by atoms with Crippen LogP contribution in [0.5, 0.6) is 0 Å². The number of hydrogen-bond acceptors (Lipinski definition) is 4. The molecule has 0 fully saturated rings. The van der Waals surface area contributed by atoms with Crippen molar-refractivity contribution in [3.8, 4) is 0 Å². The van der Waals surface area contributed by atoms with Crippen LogP contribution in [0.4, 0.5) is 5.69 Å². The number of amides is 2. The van der Waals surface area contributed by atoms with Crippen LogP contribution in [0.2, 0.25) is 5.02 Å². The van der Waals surface area contributed by atoms with Crippen LogP contribution in [0.3, 0.4) is 0 Å². The van der Waals surface area contributed by atoms with Crippen molar-refractivity contribution in [2.75, 3.05) is 25.6 Å². The van der Waals surface area contributed by atoms with Crippen molar-refractivity contribution in [3.05, 3.63) is 64.7 Å². The third-order valence-corrected chi connectivity index (χ3v) is 4.40. The first-order chi connectivity index (χ1) is 13.0. The molecule has 0 unspecified atom stereocenters. The summed E-state index contributed by atoms with van der Waals surface area (Å²) in [7, 11) is 1.55. The average molecular weight is 387 g/mol. The molecule has 0 aliphatic rings. The highest BCUT2D eigenvalue weighted by atomic mass is 35.5. The molecule has 0 bridgehead atoms. The van der Waals surface area contributed by atoms with Crippen molar-refractivity contribution in [1.82, 2.24) is 14.7 Å². The third-order valence-electron chi connectivity index (χ3n) is 3.99. The van der Waals surface area contributed by atoms with Gasteiger partial charge in [0.1, 0.15) is 0 Å². The number of anilines is 1. The number of rotatable bonds is 6. The van der Waals surface area contributed by atoms with Gasteiger partial charge in [0.2, 0.25) is 5.82 Å². The molecule has 2 N–H and O–H groups in total. The Balaban J connectivity index is 1.90. The molecule has 0 aliphatic heterocycles. The predicted octanol–water partition coefficient (Wildman–Crippen LogP) is 2.92. The van der Waals surface area contributed by atoms with Crippen LogP contribution in [0.25, 0.3) is 5.52 Å². The largest absolute Gasteiger partial charge is 0.383 e. The number of nitrogens with one attached hydrogen (secondary N) is 2. The molecule has 0 spiro atoms. The number of aromatic nitrogens is 2. The van der Waals surface area contributed by atoms with Crippen molar-refractivity contribution in [3.63, 3.8) is 0 Å². The second-order valence-corrected chi connectivity index (χ2v) is 6.31. The van der Waals surface area contributed by atoms with Gasteiger partial charge in [-0.2, -0.15) is 0 Å². The Labute approximate surface area is 161 Å². The molecule has 0 aliphatic carbocycles. The normalized spacial score (nSPS) is 10.8. The van der Waals surface area contributed by atoms with Gasteiger partial charge in [-0.3, -0.25) is 14.0 Å². The van der Waals surface area contributed by atoms with Crippen LogP contribution in [0, 0.1) is 6.92 Å². The van der Waals surface area contributed by atoms with Gasteiger partial charge in [0.05, 0.1) is 12.1 Å². The topological polar surface area (TPSA) is 84.7 Å². The number of hydrogen-bond donors (Lipinski definition) is 2. The van der Waals surface area contributed by atoms with E-state index in [4.69, 9.17) is 16.3 Å². The minimum Gasteiger partial charge on any atom is -0.383 e. The van der Waals surface area contributed by atoms with E-state index in [2.05, 4.69) is 15.6 Å². The zero-order valence-corrected chi connectivity index (χ0v) is 15.7. The van der Waals surface area contributed by atoms with E-state index in [-0.39, 0.29) is 17.4 Å². The molecule has 27 heavy (non-hydrogen) atoms. The van der Waals surface area contributed by atoms with Crippen LogP contribution < -0.4 is 10.6 Å². The molecule has 7 nitrogen and oxygen atoms in total. The first-order valence-electron chi connectivity index (χ1n) is 8.33. The summed E-state index contributed by atoms with van der Waals surface area (Å²) in [5.74, 6) is -0.695. The van der Waals surface area contributed by atoms with Crippen molar-refractivity contribution in [2.24, 2.45) is 0 Å². The Morgan fingerprint density at radius 3 is 2.78 bits per heavy atom. The smallest absolute Gasteiger partial charge is 0.292 e. The predicted molar refractivity (Wildman–Crippen MR) is 104 cm³/mol. The summed E-state index contributed by atoms with van der Waals surface area (Å²) in [6.45, 7) is 2.62. The number of pyridine rings is 1. The average Bonchev–Trinajstić information content (AvgIpc) is 3.05. The Kier molecular flexibility index (Phi) is 5.73. The number of ether oxygens (including phenoxy) is 1. The molecule has 0 radical (unpaired) electrons. The van der Waals surface area contributed by atoms with Gasteiger partial charge in [0.15, 0.2) is 5.69 Å². The third kappa shape index (κ3) is 4.10. The monoisotopic (exact) mass is 386 g/mol. The van der Waals surface area contributed by atoms with E-state index in [0.29, 0.717) is 29.4 Å². The Morgan fingerprint density at radius 1 is 1.22 bits per heavy atom. The maximum atomic E-state index is 12.7. The number of benzene rings is 1. The highest BCUT2D eigenvalue weighted by Crippen LogP contribution is 2.21. The summed E-state index contributed by atoms with van der Waals surface area (Å²) in [6, 6.07) is 10.5. The van der Waals surface area contributed by atoms with Gasteiger partial charge in [0, 0.05) is 30.6 Å². The fourth-order valence-electron chi connectivity index (χ4n) is 2.57. The van der Waals surface area contributed by atoms with Crippen molar-refractivity contribution >= 4 is 34.6 Å². The molecule has 0 saturated heterocycles. The number of nitrogens with zero attached hydrogens (tertiary/aromatic N) is 2. The van der Waals surface area contributed by atoms with Crippen molar-refractivity contribution in [2.45, 2.75) is 6.92 Å². The Morgan fingerprint density at radius 2 is 2.04 bits per heavy atom. The number of imidazole rings is 1. The first kappa shape index (κ1) is 18.9. The molecule has 3 rings (SSSR count).